The van der Waals surface area contributed by atoms with E-state index in [9.17, 15) is 15.0 Å². The Labute approximate surface area is 363 Å². The number of hydrogen-bond donors (Lipinski definition) is 3. The highest BCUT2D eigenvalue weighted by molar-refractivity contribution is 5.76. The number of rotatable bonds is 47. The van der Waals surface area contributed by atoms with Gasteiger partial charge in [0.1, 0.15) is 0 Å². The van der Waals surface area contributed by atoms with Crippen molar-refractivity contribution in [3.8, 4) is 0 Å². The van der Waals surface area contributed by atoms with E-state index in [2.05, 4.69) is 55.6 Å². The van der Waals surface area contributed by atoms with Gasteiger partial charge in [-0.3, -0.25) is 4.79 Å². The molecule has 0 rings (SSSR count). The topological polar surface area (TPSA) is 69.6 Å². The highest BCUT2D eigenvalue weighted by Gasteiger charge is 2.17. The van der Waals surface area contributed by atoms with Crippen molar-refractivity contribution < 1.29 is 15.0 Å². The lowest BCUT2D eigenvalue weighted by Crippen LogP contribution is -2.45. The molecule has 0 bridgehead atoms. The Bertz CT molecular complexity index is 923. The second-order valence-corrected chi connectivity index (χ2v) is 17.6. The van der Waals surface area contributed by atoms with Crippen LogP contribution in [-0.4, -0.2) is 34.9 Å². The molecule has 2 unspecified atom stereocenters. The van der Waals surface area contributed by atoms with Gasteiger partial charge in [0.05, 0.1) is 18.8 Å². The van der Waals surface area contributed by atoms with Gasteiger partial charge in [0, 0.05) is 6.42 Å². The fraction of sp³-hybridized carbons (Fsp3) is 0.833. The lowest BCUT2D eigenvalue weighted by atomic mass is 10.0. The fourth-order valence-corrected chi connectivity index (χ4v) is 7.81. The zero-order valence-corrected chi connectivity index (χ0v) is 39.1. The third-order valence-electron chi connectivity index (χ3n) is 11.8. The Morgan fingerprint density at radius 1 is 0.414 bits per heavy atom. The van der Waals surface area contributed by atoms with E-state index in [4.69, 9.17) is 0 Å². The van der Waals surface area contributed by atoms with Crippen LogP contribution >= 0.6 is 0 Å². The second-order valence-electron chi connectivity index (χ2n) is 17.6. The van der Waals surface area contributed by atoms with Crippen LogP contribution < -0.4 is 5.32 Å². The first-order valence-electron chi connectivity index (χ1n) is 25.9. The molecule has 4 nitrogen and oxygen atoms in total. The summed E-state index contributed by atoms with van der Waals surface area (Å²) in [6, 6.07) is -0.643. The summed E-state index contributed by atoms with van der Waals surface area (Å²) in [5.74, 6) is -0.0765. The molecule has 0 saturated carbocycles. The van der Waals surface area contributed by atoms with E-state index < -0.39 is 12.1 Å². The van der Waals surface area contributed by atoms with E-state index in [0.717, 1.165) is 38.5 Å². The predicted octanol–water partition coefficient (Wildman–Crippen LogP) is 16.7. The van der Waals surface area contributed by atoms with E-state index in [-0.39, 0.29) is 12.5 Å². The third-order valence-corrected chi connectivity index (χ3v) is 11.8. The van der Waals surface area contributed by atoms with E-state index in [1.807, 2.05) is 6.08 Å². The van der Waals surface area contributed by atoms with Gasteiger partial charge in [-0.25, -0.2) is 0 Å². The Morgan fingerprint density at radius 2 is 0.724 bits per heavy atom. The van der Waals surface area contributed by atoms with Crippen molar-refractivity contribution in [2.45, 2.75) is 283 Å². The molecular weight excluding hydrogens is 711 g/mol. The van der Waals surface area contributed by atoms with Gasteiger partial charge in [0.2, 0.25) is 5.91 Å². The molecule has 0 spiro atoms. The fourth-order valence-electron chi connectivity index (χ4n) is 7.81. The summed E-state index contributed by atoms with van der Waals surface area (Å²) in [7, 11) is 0. The molecule has 0 aliphatic heterocycles. The first-order chi connectivity index (χ1) is 28.7. The second kappa shape index (κ2) is 49.7. The van der Waals surface area contributed by atoms with Crippen LogP contribution in [0.25, 0.3) is 0 Å². The van der Waals surface area contributed by atoms with E-state index in [0.29, 0.717) is 6.42 Å². The minimum atomic E-state index is -0.865. The summed E-state index contributed by atoms with van der Waals surface area (Å²) < 4.78 is 0. The van der Waals surface area contributed by atoms with Gasteiger partial charge in [-0.05, 0) is 64.2 Å². The number of unbranched alkanes of at least 4 members (excludes halogenated alkanes) is 34. The van der Waals surface area contributed by atoms with Crippen LogP contribution in [0.15, 0.2) is 48.6 Å². The molecule has 0 aliphatic carbocycles. The maximum atomic E-state index is 12.4. The lowest BCUT2D eigenvalue weighted by molar-refractivity contribution is -0.123. The minimum absolute atomic E-state index is 0.0765. The van der Waals surface area contributed by atoms with E-state index >= 15 is 0 Å². The van der Waals surface area contributed by atoms with Crippen LogP contribution in [0.1, 0.15) is 271 Å². The van der Waals surface area contributed by atoms with Crippen LogP contribution in [0.4, 0.5) is 0 Å². The molecule has 1 amide bonds. The number of aliphatic hydroxyl groups excluding tert-OH is 2. The van der Waals surface area contributed by atoms with Crippen molar-refractivity contribution in [1.29, 1.82) is 0 Å². The monoisotopic (exact) mass is 812 g/mol. The molecule has 3 N–H and O–H groups in total. The smallest absolute Gasteiger partial charge is 0.220 e. The Hall–Kier alpha value is -1.65. The molecule has 0 heterocycles. The van der Waals surface area contributed by atoms with Gasteiger partial charge < -0.3 is 15.5 Å². The largest absolute Gasteiger partial charge is 0.394 e. The molecular formula is C54H101NO3. The van der Waals surface area contributed by atoms with Crippen LogP contribution in [0, 0.1) is 0 Å². The molecule has 340 valence electrons. The average molecular weight is 812 g/mol. The van der Waals surface area contributed by atoms with Crippen molar-refractivity contribution in [3.63, 3.8) is 0 Å². The Morgan fingerprint density at radius 3 is 1.10 bits per heavy atom. The highest BCUT2D eigenvalue weighted by Crippen LogP contribution is 2.15. The van der Waals surface area contributed by atoms with Crippen LogP contribution in [0.5, 0.6) is 0 Å². The molecule has 0 saturated heterocycles. The summed E-state index contributed by atoms with van der Waals surface area (Å²) in [4.78, 5) is 12.4. The summed E-state index contributed by atoms with van der Waals surface area (Å²) >= 11 is 0. The van der Waals surface area contributed by atoms with E-state index in [1.165, 1.54) is 212 Å². The van der Waals surface area contributed by atoms with Crippen LogP contribution in [0.3, 0.4) is 0 Å². The molecule has 0 aromatic rings. The quantitative estimate of drug-likeness (QED) is 0.0423. The molecule has 2 atom stereocenters. The normalized spacial score (nSPS) is 13.2. The van der Waals surface area contributed by atoms with Crippen LogP contribution in [-0.2, 0) is 4.79 Å². The van der Waals surface area contributed by atoms with Crippen molar-refractivity contribution >= 4 is 5.91 Å². The third kappa shape index (κ3) is 45.4. The Kier molecular flexibility index (Phi) is 48.3. The van der Waals surface area contributed by atoms with Crippen molar-refractivity contribution in [2.24, 2.45) is 0 Å². The zero-order chi connectivity index (χ0) is 42.1. The SMILES string of the molecule is CCCCCCCCCCC/C=C\C/C=C\CCCCCCCCCCCC(=O)NC(CO)C(O)/C=C/CC/C=C/CCCCCCCCCCCCCCCCC. The molecule has 0 aromatic carbocycles. The van der Waals surface area contributed by atoms with Gasteiger partial charge in [0.25, 0.3) is 0 Å². The zero-order valence-electron chi connectivity index (χ0n) is 39.1. The summed E-state index contributed by atoms with van der Waals surface area (Å²) in [6.45, 7) is 4.31. The van der Waals surface area contributed by atoms with Crippen molar-refractivity contribution in [2.75, 3.05) is 6.61 Å². The molecule has 0 radical (unpaired) electrons. The number of hydrogen-bond acceptors (Lipinski definition) is 3. The van der Waals surface area contributed by atoms with Crippen LogP contribution in [0.2, 0.25) is 0 Å². The molecule has 0 fully saturated rings. The first-order valence-corrected chi connectivity index (χ1v) is 25.9. The maximum Gasteiger partial charge on any atom is 0.220 e. The minimum Gasteiger partial charge on any atom is -0.394 e. The number of amides is 1. The Balaban J connectivity index is 3.57. The summed E-state index contributed by atoms with van der Waals surface area (Å²) in [5.41, 5.74) is 0. The summed E-state index contributed by atoms with van der Waals surface area (Å²) in [5, 5.41) is 23.1. The molecule has 4 heteroatoms. The average Bonchev–Trinajstić information content (AvgIpc) is 3.23. The number of nitrogens with one attached hydrogen (secondary N) is 1. The molecule has 0 aliphatic rings. The summed E-state index contributed by atoms with van der Waals surface area (Å²) in [6.07, 6.45) is 68.2. The number of allylic oxidation sites excluding steroid dienone is 7. The highest BCUT2D eigenvalue weighted by atomic mass is 16.3. The van der Waals surface area contributed by atoms with Gasteiger partial charge in [-0.1, -0.05) is 249 Å². The van der Waals surface area contributed by atoms with Crippen molar-refractivity contribution in [3.05, 3.63) is 48.6 Å². The first kappa shape index (κ1) is 56.4. The molecule has 58 heavy (non-hydrogen) atoms. The van der Waals surface area contributed by atoms with Gasteiger partial charge in [-0.15, -0.1) is 0 Å². The standard InChI is InChI=1S/C54H101NO3/c1-3-5-7-9-11-13-15-17-19-21-23-25-26-27-28-30-32-34-36-38-40-42-44-46-48-50-54(58)55-52(51-56)53(57)49-47-45-43-41-39-37-35-33-31-29-24-22-20-18-16-14-12-10-8-6-4-2/h23,25,27-28,39,41,47,49,52-53,56-57H,3-22,24,26,29-38,40,42-46,48,50-51H2,1-2H3,(H,55,58)/b25-23-,28-27-,41-39+,49-47+. The van der Waals surface area contributed by atoms with E-state index in [1.54, 1.807) is 6.08 Å². The lowest BCUT2D eigenvalue weighted by Gasteiger charge is -2.19. The number of carbonyl (C=O) groups excluding carboxylic acids is 1. The number of carbonyl (C=O) groups is 1. The number of aliphatic hydroxyl groups is 2. The van der Waals surface area contributed by atoms with Gasteiger partial charge >= 0.3 is 0 Å². The van der Waals surface area contributed by atoms with Gasteiger partial charge in [0.15, 0.2) is 0 Å². The predicted molar refractivity (Wildman–Crippen MR) is 258 cm³/mol. The van der Waals surface area contributed by atoms with Crippen molar-refractivity contribution in [1.82, 2.24) is 5.32 Å². The maximum absolute atomic E-state index is 12.4. The molecule has 0 aromatic heterocycles. The van der Waals surface area contributed by atoms with Gasteiger partial charge in [-0.2, -0.15) is 0 Å².